The van der Waals surface area contributed by atoms with Crippen molar-refractivity contribution in [3.8, 4) is 10.7 Å². The second-order valence-corrected chi connectivity index (χ2v) is 4.59. The molecule has 0 saturated heterocycles. The van der Waals surface area contributed by atoms with Gasteiger partial charge in [0.2, 0.25) is 0 Å². The minimum atomic E-state index is 0.0299. The molecule has 2 aromatic rings. The normalized spacial score (nSPS) is 10.4. The molecule has 0 fully saturated rings. The second kappa shape index (κ2) is 4.16. The fraction of sp³-hybridized carbons (Fsp3) is 0.111. The van der Waals surface area contributed by atoms with E-state index in [-0.39, 0.29) is 6.61 Å². The first-order valence-electron chi connectivity index (χ1n) is 3.97. The number of pyridine rings is 1. The van der Waals surface area contributed by atoms with E-state index >= 15 is 0 Å². The SMILES string of the molecule is OCc1cnc(-c2ncccc2Br)s1. The smallest absolute Gasteiger partial charge is 0.143 e. The van der Waals surface area contributed by atoms with E-state index in [1.165, 1.54) is 11.3 Å². The molecule has 2 rings (SSSR count). The molecule has 0 spiro atoms. The van der Waals surface area contributed by atoms with Crippen LogP contribution in [0.3, 0.4) is 0 Å². The average Bonchev–Trinajstić information content (AvgIpc) is 2.67. The number of halogens is 1. The van der Waals surface area contributed by atoms with Gasteiger partial charge in [0.1, 0.15) is 10.7 Å². The summed E-state index contributed by atoms with van der Waals surface area (Å²) in [7, 11) is 0. The van der Waals surface area contributed by atoms with Crippen molar-refractivity contribution >= 4 is 27.3 Å². The Hall–Kier alpha value is -0.780. The maximum Gasteiger partial charge on any atom is 0.143 e. The van der Waals surface area contributed by atoms with Crippen LogP contribution in [0.2, 0.25) is 0 Å². The third-order valence-electron chi connectivity index (χ3n) is 1.67. The number of aliphatic hydroxyl groups is 1. The predicted molar refractivity (Wildman–Crippen MR) is 59.0 cm³/mol. The summed E-state index contributed by atoms with van der Waals surface area (Å²) in [5, 5.41) is 9.73. The Morgan fingerprint density at radius 3 is 2.93 bits per heavy atom. The van der Waals surface area contributed by atoms with Crippen LogP contribution < -0.4 is 0 Å². The van der Waals surface area contributed by atoms with Gasteiger partial charge in [-0.2, -0.15) is 0 Å². The molecule has 0 aromatic carbocycles. The monoisotopic (exact) mass is 270 g/mol. The highest BCUT2D eigenvalue weighted by atomic mass is 79.9. The van der Waals surface area contributed by atoms with Crippen LogP contribution in [0, 0.1) is 0 Å². The molecule has 0 saturated carbocycles. The first kappa shape index (κ1) is 9.76. The van der Waals surface area contributed by atoms with Crippen molar-refractivity contribution in [2.45, 2.75) is 6.61 Å². The lowest BCUT2D eigenvalue weighted by molar-refractivity contribution is 0.285. The second-order valence-electron chi connectivity index (χ2n) is 2.62. The Bertz CT molecular complexity index is 444. The van der Waals surface area contributed by atoms with Crippen molar-refractivity contribution in [1.29, 1.82) is 0 Å². The van der Waals surface area contributed by atoms with Crippen molar-refractivity contribution in [3.63, 3.8) is 0 Å². The Labute approximate surface area is 93.6 Å². The molecule has 0 atom stereocenters. The maximum absolute atomic E-state index is 8.91. The predicted octanol–water partition coefficient (Wildman–Crippen LogP) is 2.46. The van der Waals surface area contributed by atoms with Gasteiger partial charge in [-0.05, 0) is 28.1 Å². The Morgan fingerprint density at radius 2 is 2.29 bits per heavy atom. The van der Waals surface area contributed by atoms with Crippen LogP contribution >= 0.6 is 27.3 Å². The van der Waals surface area contributed by atoms with Crippen molar-refractivity contribution < 1.29 is 5.11 Å². The summed E-state index contributed by atoms with van der Waals surface area (Å²) >= 11 is 4.85. The summed E-state index contributed by atoms with van der Waals surface area (Å²) < 4.78 is 0.916. The summed E-state index contributed by atoms with van der Waals surface area (Å²) in [4.78, 5) is 9.24. The van der Waals surface area contributed by atoms with E-state index in [0.29, 0.717) is 0 Å². The van der Waals surface area contributed by atoms with Gasteiger partial charge >= 0.3 is 0 Å². The zero-order valence-electron chi connectivity index (χ0n) is 7.14. The van der Waals surface area contributed by atoms with Crippen molar-refractivity contribution in [2.75, 3.05) is 0 Å². The van der Waals surface area contributed by atoms with Gasteiger partial charge in [-0.3, -0.25) is 4.98 Å². The zero-order valence-corrected chi connectivity index (χ0v) is 9.55. The van der Waals surface area contributed by atoms with E-state index in [0.717, 1.165) is 20.1 Å². The number of rotatable bonds is 2. The topological polar surface area (TPSA) is 46.0 Å². The molecule has 5 heteroatoms. The van der Waals surface area contributed by atoms with Gasteiger partial charge in [-0.1, -0.05) is 0 Å². The summed E-state index contributed by atoms with van der Waals surface area (Å²) in [6.07, 6.45) is 3.39. The molecule has 0 aliphatic rings. The Kier molecular flexibility index (Phi) is 2.90. The minimum Gasteiger partial charge on any atom is -0.391 e. The van der Waals surface area contributed by atoms with Crippen molar-refractivity contribution in [1.82, 2.24) is 9.97 Å². The van der Waals surface area contributed by atoms with Gasteiger partial charge in [0, 0.05) is 16.9 Å². The van der Waals surface area contributed by atoms with Crippen LogP contribution in [0.4, 0.5) is 0 Å². The maximum atomic E-state index is 8.91. The van der Waals surface area contributed by atoms with E-state index < -0.39 is 0 Å². The quantitative estimate of drug-likeness (QED) is 0.912. The molecule has 0 aliphatic heterocycles. The first-order valence-corrected chi connectivity index (χ1v) is 5.58. The van der Waals surface area contributed by atoms with Gasteiger partial charge in [0.25, 0.3) is 0 Å². The van der Waals surface area contributed by atoms with Crippen LogP contribution in [0.5, 0.6) is 0 Å². The number of nitrogens with zero attached hydrogens (tertiary/aromatic N) is 2. The molecule has 0 aliphatic carbocycles. The molecule has 14 heavy (non-hydrogen) atoms. The minimum absolute atomic E-state index is 0.0299. The molecule has 1 N–H and O–H groups in total. The molecule has 0 amide bonds. The fourth-order valence-electron chi connectivity index (χ4n) is 1.03. The third kappa shape index (κ3) is 1.84. The Morgan fingerprint density at radius 1 is 1.43 bits per heavy atom. The summed E-state index contributed by atoms with van der Waals surface area (Å²) in [6.45, 7) is 0.0299. The standard InChI is InChI=1S/C9H7BrN2OS/c10-7-2-1-3-11-8(7)9-12-4-6(5-13)14-9/h1-4,13H,5H2. The van der Waals surface area contributed by atoms with Gasteiger partial charge < -0.3 is 5.11 Å². The number of aliphatic hydroxyl groups excluding tert-OH is 1. The largest absolute Gasteiger partial charge is 0.391 e. The zero-order chi connectivity index (χ0) is 9.97. The van der Waals surface area contributed by atoms with Gasteiger partial charge in [0.05, 0.1) is 11.5 Å². The van der Waals surface area contributed by atoms with E-state index in [1.54, 1.807) is 12.4 Å². The lowest BCUT2D eigenvalue weighted by atomic mass is 10.4. The molecule has 72 valence electrons. The summed E-state index contributed by atoms with van der Waals surface area (Å²) in [5.41, 5.74) is 0.817. The van der Waals surface area contributed by atoms with Crippen LogP contribution in [0.1, 0.15) is 4.88 Å². The number of aromatic nitrogens is 2. The number of hydrogen-bond donors (Lipinski definition) is 1. The molecule has 2 aromatic heterocycles. The summed E-state index contributed by atoms with van der Waals surface area (Å²) in [5.74, 6) is 0. The van der Waals surface area contributed by atoms with Gasteiger partial charge in [0.15, 0.2) is 0 Å². The first-order chi connectivity index (χ1) is 6.81. The molecule has 0 radical (unpaired) electrons. The van der Waals surface area contributed by atoms with Crippen LogP contribution in [0.25, 0.3) is 10.7 Å². The van der Waals surface area contributed by atoms with E-state index in [1.807, 2.05) is 12.1 Å². The average molecular weight is 271 g/mol. The molecular weight excluding hydrogens is 264 g/mol. The molecule has 3 nitrogen and oxygen atoms in total. The Balaban J connectivity index is 2.44. The lowest BCUT2D eigenvalue weighted by Gasteiger charge is -1.96. The molecule has 2 heterocycles. The van der Waals surface area contributed by atoms with E-state index in [2.05, 4.69) is 25.9 Å². The third-order valence-corrected chi connectivity index (χ3v) is 3.30. The fourth-order valence-corrected chi connectivity index (χ4v) is 2.39. The number of thiazole rings is 1. The van der Waals surface area contributed by atoms with E-state index in [9.17, 15) is 0 Å². The van der Waals surface area contributed by atoms with Gasteiger partial charge in [-0.15, -0.1) is 11.3 Å². The lowest BCUT2D eigenvalue weighted by Crippen LogP contribution is -1.81. The molecule has 0 unspecified atom stereocenters. The van der Waals surface area contributed by atoms with Crippen molar-refractivity contribution in [3.05, 3.63) is 33.9 Å². The summed E-state index contributed by atoms with van der Waals surface area (Å²) in [6, 6.07) is 3.77. The highest BCUT2D eigenvalue weighted by molar-refractivity contribution is 9.10. The van der Waals surface area contributed by atoms with Crippen molar-refractivity contribution in [2.24, 2.45) is 0 Å². The number of hydrogen-bond acceptors (Lipinski definition) is 4. The highest BCUT2D eigenvalue weighted by Gasteiger charge is 2.08. The van der Waals surface area contributed by atoms with Crippen LogP contribution in [-0.2, 0) is 6.61 Å². The van der Waals surface area contributed by atoms with E-state index in [4.69, 9.17) is 5.11 Å². The van der Waals surface area contributed by atoms with Crippen LogP contribution in [0.15, 0.2) is 29.0 Å². The van der Waals surface area contributed by atoms with Gasteiger partial charge in [-0.25, -0.2) is 4.98 Å². The molecule has 0 bridgehead atoms. The highest BCUT2D eigenvalue weighted by Crippen LogP contribution is 2.28. The molecular formula is C9H7BrN2OS. The van der Waals surface area contributed by atoms with Crippen LogP contribution in [-0.4, -0.2) is 15.1 Å².